The number of hydrogen-bond donors (Lipinski definition) is 0. The Kier molecular flexibility index (Phi) is 2.08. The highest BCUT2D eigenvalue weighted by atomic mass is 35.5. The van der Waals surface area contributed by atoms with Crippen LogP contribution in [0.3, 0.4) is 0 Å². The Bertz CT molecular complexity index is 60.8. The van der Waals surface area contributed by atoms with Gasteiger partial charge in [-0.3, -0.25) is 0 Å². The van der Waals surface area contributed by atoms with Gasteiger partial charge in [0.1, 0.15) is 11.7 Å². The highest BCUT2D eigenvalue weighted by Gasteiger charge is 2.18. The third kappa shape index (κ3) is 1.60. The van der Waals surface area contributed by atoms with E-state index in [0.29, 0.717) is 6.42 Å². The van der Waals surface area contributed by atoms with Crippen molar-refractivity contribution in [2.45, 2.75) is 18.2 Å². The zero-order valence-electron chi connectivity index (χ0n) is 4.31. The van der Waals surface area contributed by atoms with Crippen LogP contribution in [0.5, 0.6) is 0 Å². The molecule has 0 amide bonds. The van der Waals surface area contributed by atoms with Crippen LogP contribution in [0.2, 0.25) is 0 Å². The van der Waals surface area contributed by atoms with Gasteiger partial charge < -0.3 is 4.74 Å². The Morgan fingerprint density at radius 2 is 2.50 bits per heavy atom. The van der Waals surface area contributed by atoms with Crippen molar-refractivity contribution in [2.24, 2.45) is 0 Å². The van der Waals surface area contributed by atoms with Crippen molar-refractivity contribution in [3.05, 3.63) is 6.42 Å². The Hall–Kier alpha value is 0.180. The van der Waals surface area contributed by atoms with Crippen LogP contribution in [-0.2, 0) is 4.74 Å². The lowest BCUT2D eigenvalue weighted by Crippen LogP contribution is -2.23. The number of ether oxygens (including phenoxy) is 1. The molecule has 0 aromatic rings. The van der Waals surface area contributed by atoms with Crippen LogP contribution >= 0.6 is 11.6 Å². The molecule has 0 bridgehead atoms. The molecule has 8 heavy (non-hydrogen) atoms. The van der Waals surface area contributed by atoms with E-state index in [2.05, 4.69) is 0 Å². The van der Waals surface area contributed by atoms with Gasteiger partial charge in [0, 0.05) is 6.42 Å². The van der Waals surface area contributed by atoms with Crippen molar-refractivity contribution in [2.75, 3.05) is 6.61 Å². The molecule has 0 aliphatic carbocycles. The quantitative estimate of drug-likeness (QED) is 0.460. The van der Waals surface area contributed by atoms with E-state index in [-0.39, 0.29) is 12.2 Å². The molecule has 1 saturated heterocycles. The summed E-state index contributed by atoms with van der Waals surface area (Å²) < 4.78 is 16.9. The minimum atomic E-state index is -0.843. The molecule has 0 aromatic heterocycles. The standard InChI is InChI=1S/C5H7ClFO/c6-5-2-1-4(7)3-8-5/h2,4-5H,1,3H2. The average Bonchev–Trinajstić information content (AvgIpc) is 1.77. The van der Waals surface area contributed by atoms with E-state index < -0.39 is 6.17 Å². The molecule has 2 atom stereocenters. The summed E-state index contributed by atoms with van der Waals surface area (Å²) in [7, 11) is 0. The maximum absolute atomic E-state index is 12.1. The van der Waals surface area contributed by atoms with Crippen molar-refractivity contribution in [3.63, 3.8) is 0 Å². The smallest absolute Gasteiger partial charge is 0.134 e. The zero-order chi connectivity index (χ0) is 5.98. The third-order valence-corrected chi connectivity index (χ3v) is 1.32. The molecule has 1 fully saturated rings. The van der Waals surface area contributed by atoms with Crippen LogP contribution in [0.1, 0.15) is 6.42 Å². The highest BCUT2D eigenvalue weighted by Crippen LogP contribution is 2.16. The molecule has 1 nitrogen and oxygen atoms in total. The normalized spacial score (nSPS) is 39.8. The van der Waals surface area contributed by atoms with Crippen LogP contribution in [0.25, 0.3) is 0 Å². The largest absolute Gasteiger partial charge is 0.359 e. The summed E-state index contributed by atoms with van der Waals surface area (Å²) in [5.74, 6) is 0. The third-order valence-electron chi connectivity index (χ3n) is 1.01. The summed E-state index contributed by atoms with van der Waals surface area (Å²) in [5.41, 5.74) is -0.373. The van der Waals surface area contributed by atoms with Crippen LogP contribution in [0, 0.1) is 6.42 Å². The summed E-state index contributed by atoms with van der Waals surface area (Å²) in [6.07, 6.45) is 1.20. The van der Waals surface area contributed by atoms with Crippen molar-refractivity contribution >= 4 is 11.6 Å². The van der Waals surface area contributed by atoms with Gasteiger partial charge in [0.05, 0.1) is 6.61 Å². The molecule has 0 N–H and O–H groups in total. The number of rotatable bonds is 0. The van der Waals surface area contributed by atoms with Crippen molar-refractivity contribution < 1.29 is 9.13 Å². The van der Waals surface area contributed by atoms with E-state index >= 15 is 0 Å². The zero-order valence-corrected chi connectivity index (χ0v) is 5.07. The molecule has 0 aromatic carbocycles. The van der Waals surface area contributed by atoms with Gasteiger partial charge in [0.25, 0.3) is 0 Å². The van der Waals surface area contributed by atoms with E-state index in [1.165, 1.54) is 0 Å². The lowest BCUT2D eigenvalue weighted by Gasteiger charge is -2.18. The first-order valence-corrected chi connectivity index (χ1v) is 2.96. The number of alkyl halides is 2. The second kappa shape index (κ2) is 2.65. The SMILES string of the molecule is FC1C[CH]C(Cl)OC1. The van der Waals surface area contributed by atoms with Gasteiger partial charge in [-0.2, -0.15) is 0 Å². The average molecular weight is 138 g/mol. The molecule has 1 radical (unpaired) electrons. The minimum absolute atomic E-state index is 0.144. The maximum atomic E-state index is 12.1. The van der Waals surface area contributed by atoms with Gasteiger partial charge in [-0.15, -0.1) is 0 Å². The fourth-order valence-corrected chi connectivity index (χ4v) is 0.763. The lowest BCUT2D eigenvalue weighted by molar-refractivity contribution is 0.0433. The van der Waals surface area contributed by atoms with Gasteiger partial charge >= 0.3 is 0 Å². The molecular formula is C5H7ClFO. The molecule has 47 valence electrons. The molecule has 1 aliphatic heterocycles. The Morgan fingerprint density at radius 3 is 2.88 bits per heavy atom. The molecule has 3 heteroatoms. The van der Waals surface area contributed by atoms with Crippen molar-refractivity contribution in [1.82, 2.24) is 0 Å². The Labute approximate surface area is 52.8 Å². The fourth-order valence-electron chi connectivity index (χ4n) is 0.587. The van der Waals surface area contributed by atoms with Crippen LogP contribution in [0.4, 0.5) is 4.39 Å². The summed E-state index contributed by atoms with van der Waals surface area (Å²) >= 11 is 5.44. The molecular weight excluding hydrogens is 131 g/mol. The first-order chi connectivity index (χ1) is 3.79. The van der Waals surface area contributed by atoms with E-state index in [1.807, 2.05) is 0 Å². The molecule has 1 rings (SSSR count). The second-order valence-corrected chi connectivity index (χ2v) is 2.18. The van der Waals surface area contributed by atoms with Gasteiger partial charge in [0.15, 0.2) is 0 Å². The molecule has 1 heterocycles. The maximum Gasteiger partial charge on any atom is 0.134 e. The summed E-state index contributed by atoms with van der Waals surface area (Å²) in [4.78, 5) is 0. The molecule has 0 spiro atoms. The predicted molar refractivity (Wildman–Crippen MR) is 29.4 cm³/mol. The first-order valence-electron chi connectivity index (χ1n) is 2.52. The van der Waals surface area contributed by atoms with Crippen LogP contribution in [0.15, 0.2) is 0 Å². The van der Waals surface area contributed by atoms with Gasteiger partial charge in [-0.25, -0.2) is 4.39 Å². The summed E-state index contributed by atoms with van der Waals surface area (Å²) in [5, 5.41) is 0. The molecule has 1 aliphatic rings. The molecule has 2 unspecified atom stereocenters. The van der Waals surface area contributed by atoms with Crippen LogP contribution in [-0.4, -0.2) is 18.3 Å². The first kappa shape index (κ1) is 6.30. The van der Waals surface area contributed by atoms with E-state index in [4.69, 9.17) is 16.3 Å². The Balaban J connectivity index is 2.19. The lowest BCUT2D eigenvalue weighted by atomic mass is 10.2. The monoisotopic (exact) mass is 137 g/mol. The van der Waals surface area contributed by atoms with Crippen molar-refractivity contribution in [3.8, 4) is 0 Å². The topological polar surface area (TPSA) is 9.23 Å². The Morgan fingerprint density at radius 1 is 1.75 bits per heavy atom. The predicted octanol–water partition coefficient (Wildman–Crippen LogP) is 1.51. The fraction of sp³-hybridized carbons (Fsp3) is 0.800. The van der Waals surface area contributed by atoms with E-state index in [0.717, 1.165) is 0 Å². The number of hydrogen-bond acceptors (Lipinski definition) is 1. The second-order valence-electron chi connectivity index (χ2n) is 1.75. The van der Waals surface area contributed by atoms with E-state index in [9.17, 15) is 4.39 Å². The van der Waals surface area contributed by atoms with Crippen LogP contribution < -0.4 is 0 Å². The number of halogens is 2. The van der Waals surface area contributed by atoms with Gasteiger partial charge in [-0.1, -0.05) is 11.6 Å². The summed E-state index contributed by atoms with van der Waals surface area (Å²) in [6.45, 7) is 0.144. The van der Waals surface area contributed by atoms with Gasteiger partial charge in [-0.05, 0) is 6.42 Å². The summed E-state index contributed by atoms with van der Waals surface area (Å²) in [6, 6.07) is 0. The van der Waals surface area contributed by atoms with Crippen molar-refractivity contribution in [1.29, 1.82) is 0 Å². The van der Waals surface area contributed by atoms with E-state index in [1.54, 1.807) is 6.42 Å². The highest BCUT2D eigenvalue weighted by molar-refractivity contribution is 6.20. The van der Waals surface area contributed by atoms with Gasteiger partial charge in [0.2, 0.25) is 0 Å². The molecule has 0 saturated carbocycles. The minimum Gasteiger partial charge on any atom is -0.359 e.